The van der Waals surface area contributed by atoms with E-state index in [0.717, 1.165) is 31.9 Å². The molecular formula is C19H21ClN2O2S. The number of carbonyl (C=O) groups is 1. The van der Waals surface area contributed by atoms with E-state index in [1.807, 2.05) is 30.3 Å². The molecule has 1 aliphatic heterocycles. The van der Waals surface area contributed by atoms with Crippen molar-refractivity contribution in [3.63, 3.8) is 0 Å². The summed E-state index contributed by atoms with van der Waals surface area (Å²) in [4.78, 5) is 15.8. The lowest BCUT2D eigenvalue weighted by Gasteiger charge is -2.34. The van der Waals surface area contributed by atoms with Crippen LogP contribution in [-0.2, 0) is 9.53 Å². The number of benzene rings is 1. The van der Waals surface area contributed by atoms with Gasteiger partial charge in [0, 0.05) is 35.6 Å². The Kier molecular flexibility index (Phi) is 6.64. The first-order valence-corrected chi connectivity index (χ1v) is 9.55. The number of carbonyl (C=O) groups excluding carboxylic acids is 1. The topological polar surface area (TPSA) is 41.6 Å². The maximum Gasteiger partial charge on any atom is 0.244 e. The van der Waals surface area contributed by atoms with Crippen LogP contribution in [0.2, 0.25) is 5.02 Å². The Morgan fingerprint density at radius 2 is 2.16 bits per heavy atom. The highest BCUT2D eigenvalue weighted by molar-refractivity contribution is 7.10. The summed E-state index contributed by atoms with van der Waals surface area (Å²) < 4.78 is 5.44. The molecule has 1 unspecified atom stereocenters. The zero-order valence-electron chi connectivity index (χ0n) is 13.9. The molecule has 1 saturated heterocycles. The number of hydrogen-bond donors (Lipinski definition) is 1. The number of morpholine rings is 1. The summed E-state index contributed by atoms with van der Waals surface area (Å²) in [5.41, 5.74) is 0.908. The van der Waals surface area contributed by atoms with Gasteiger partial charge in [0.2, 0.25) is 5.91 Å². The second-order valence-corrected chi connectivity index (χ2v) is 7.23. The molecule has 4 nitrogen and oxygen atoms in total. The number of halogens is 1. The van der Waals surface area contributed by atoms with Gasteiger partial charge in [-0.1, -0.05) is 29.8 Å². The van der Waals surface area contributed by atoms with E-state index in [2.05, 4.69) is 21.7 Å². The molecule has 0 bridgehead atoms. The van der Waals surface area contributed by atoms with Gasteiger partial charge < -0.3 is 10.1 Å². The molecule has 6 heteroatoms. The third-order valence-corrected chi connectivity index (χ3v) is 5.31. The highest BCUT2D eigenvalue weighted by Crippen LogP contribution is 2.25. The molecule has 1 aromatic heterocycles. The standard InChI is InChI=1S/C19H21ClN2O2S/c20-16-4-1-3-15(13-16)6-7-19(23)21-14-17(18-5-2-12-25-18)22-8-10-24-11-9-22/h1-7,12-13,17H,8-11,14H2,(H,21,23)/b7-6+. The monoisotopic (exact) mass is 376 g/mol. The predicted octanol–water partition coefficient (Wildman–Crippen LogP) is 3.60. The Bertz CT molecular complexity index is 712. The van der Waals surface area contributed by atoms with Crippen LogP contribution in [0.3, 0.4) is 0 Å². The van der Waals surface area contributed by atoms with Gasteiger partial charge in [0.05, 0.1) is 19.3 Å². The van der Waals surface area contributed by atoms with Crippen molar-refractivity contribution in [3.8, 4) is 0 Å². The van der Waals surface area contributed by atoms with Crippen LogP contribution in [0.15, 0.2) is 47.9 Å². The van der Waals surface area contributed by atoms with Crippen molar-refractivity contribution in [2.24, 2.45) is 0 Å². The van der Waals surface area contributed by atoms with Crippen LogP contribution in [0.4, 0.5) is 0 Å². The number of ether oxygens (including phenoxy) is 1. The summed E-state index contributed by atoms with van der Waals surface area (Å²) in [5, 5.41) is 5.75. The van der Waals surface area contributed by atoms with Crippen molar-refractivity contribution < 1.29 is 9.53 Å². The van der Waals surface area contributed by atoms with E-state index in [9.17, 15) is 4.79 Å². The van der Waals surface area contributed by atoms with E-state index in [0.29, 0.717) is 11.6 Å². The van der Waals surface area contributed by atoms with Gasteiger partial charge in [-0.3, -0.25) is 9.69 Å². The Labute approximate surface area is 157 Å². The minimum Gasteiger partial charge on any atom is -0.379 e. The molecule has 1 aromatic carbocycles. The minimum atomic E-state index is -0.102. The molecule has 1 N–H and O–H groups in total. The number of thiophene rings is 1. The van der Waals surface area contributed by atoms with E-state index in [-0.39, 0.29) is 11.9 Å². The highest BCUT2D eigenvalue weighted by atomic mass is 35.5. The SMILES string of the molecule is O=C(/C=C/c1cccc(Cl)c1)NCC(c1cccs1)N1CCOCC1. The third kappa shape index (κ3) is 5.41. The van der Waals surface area contributed by atoms with Crippen LogP contribution in [0, 0.1) is 0 Å². The summed E-state index contributed by atoms with van der Waals surface area (Å²) in [6, 6.07) is 11.8. The lowest BCUT2D eigenvalue weighted by molar-refractivity contribution is -0.116. The van der Waals surface area contributed by atoms with Crippen molar-refractivity contribution in [1.29, 1.82) is 0 Å². The quantitative estimate of drug-likeness (QED) is 0.783. The van der Waals surface area contributed by atoms with Gasteiger partial charge in [0.25, 0.3) is 0 Å². The molecule has 1 atom stereocenters. The number of rotatable bonds is 6. The zero-order chi connectivity index (χ0) is 17.5. The number of nitrogens with one attached hydrogen (secondary N) is 1. The summed E-state index contributed by atoms with van der Waals surface area (Å²) in [7, 11) is 0. The minimum absolute atomic E-state index is 0.102. The van der Waals surface area contributed by atoms with Crippen molar-refractivity contribution in [2.45, 2.75) is 6.04 Å². The smallest absolute Gasteiger partial charge is 0.244 e. The molecular weight excluding hydrogens is 356 g/mol. The summed E-state index contributed by atoms with van der Waals surface area (Å²) >= 11 is 7.68. The molecule has 2 aromatic rings. The molecule has 1 amide bonds. The summed E-state index contributed by atoms with van der Waals surface area (Å²) in [6.45, 7) is 3.84. The Morgan fingerprint density at radius 1 is 1.32 bits per heavy atom. The van der Waals surface area contributed by atoms with Crippen molar-refractivity contribution in [3.05, 3.63) is 63.3 Å². The van der Waals surface area contributed by atoms with Crippen LogP contribution in [0.5, 0.6) is 0 Å². The summed E-state index contributed by atoms with van der Waals surface area (Å²) in [6.07, 6.45) is 3.33. The zero-order valence-corrected chi connectivity index (χ0v) is 15.4. The maximum atomic E-state index is 12.2. The maximum absolute atomic E-state index is 12.2. The first-order valence-electron chi connectivity index (χ1n) is 8.29. The van der Waals surface area contributed by atoms with Gasteiger partial charge in [-0.25, -0.2) is 0 Å². The second kappa shape index (κ2) is 9.15. The second-order valence-electron chi connectivity index (χ2n) is 5.81. The molecule has 3 rings (SSSR count). The molecule has 25 heavy (non-hydrogen) atoms. The average Bonchev–Trinajstić information content (AvgIpc) is 3.15. The van der Waals surface area contributed by atoms with Gasteiger partial charge in [0.1, 0.15) is 0 Å². The van der Waals surface area contributed by atoms with Crippen LogP contribution in [0.1, 0.15) is 16.5 Å². The lowest BCUT2D eigenvalue weighted by Crippen LogP contribution is -2.43. The summed E-state index contributed by atoms with van der Waals surface area (Å²) in [5.74, 6) is -0.102. The highest BCUT2D eigenvalue weighted by Gasteiger charge is 2.23. The van der Waals surface area contributed by atoms with E-state index >= 15 is 0 Å². The van der Waals surface area contributed by atoms with Crippen LogP contribution in [-0.4, -0.2) is 43.7 Å². The van der Waals surface area contributed by atoms with Gasteiger partial charge in [0.15, 0.2) is 0 Å². The molecule has 0 aliphatic carbocycles. The van der Waals surface area contributed by atoms with Crippen molar-refractivity contribution in [1.82, 2.24) is 10.2 Å². The van der Waals surface area contributed by atoms with Crippen molar-refractivity contribution in [2.75, 3.05) is 32.8 Å². The Balaban J connectivity index is 1.59. The van der Waals surface area contributed by atoms with Crippen molar-refractivity contribution >= 4 is 34.9 Å². The van der Waals surface area contributed by atoms with E-state index in [1.54, 1.807) is 23.5 Å². The molecule has 0 spiro atoms. The van der Waals surface area contributed by atoms with E-state index < -0.39 is 0 Å². The molecule has 1 aliphatic rings. The fourth-order valence-corrected chi connectivity index (χ4v) is 3.88. The first-order chi connectivity index (χ1) is 12.2. The Hall–Kier alpha value is -1.66. The molecule has 0 radical (unpaired) electrons. The van der Waals surface area contributed by atoms with Gasteiger partial charge in [-0.15, -0.1) is 11.3 Å². The third-order valence-electron chi connectivity index (χ3n) is 4.10. The van der Waals surface area contributed by atoms with E-state index in [4.69, 9.17) is 16.3 Å². The normalized spacial score (nSPS) is 16.8. The van der Waals surface area contributed by atoms with Gasteiger partial charge in [-0.05, 0) is 35.2 Å². The number of nitrogens with zero attached hydrogens (tertiary/aromatic N) is 1. The molecule has 0 saturated carbocycles. The Morgan fingerprint density at radius 3 is 2.88 bits per heavy atom. The fraction of sp³-hybridized carbons (Fsp3) is 0.316. The van der Waals surface area contributed by atoms with Gasteiger partial charge >= 0.3 is 0 Å². The van der Waals surface area contributed by atoms with Crippen LogP contribution >= 0.6 is 22.9 Å². The molecule has 1 fully saturated rings. The number of hydrogen-bond acceptors (Lipinski definition) is 4. The lowest BCUT2D eigenvalue weighted by atomic mass is 10.2. The predicted molar refractivity (Wildman–Crippen MR) is 103 cm³/mol. The first kappa shape index (κ1) is 18.1. The fourth-order valence-electron chi connectivity index (χ4n) is 2.82. The van der Waals surface area contributed by atoms with E-state index in [1.165, 1.54) is 4.88 Å². The molecule has 2 heterocycles. The largest absolute Gasteiger partial charge is 0.379 e. The van der Waals surface area contributed by atoms with Gasteiger partial charge in [-0.2, -0.15) is 0 Å². The molecule has 132 valence electrons. The van der Waals surface area contributed by atoms with Crippen LogP contribution in [0.25, 0.3) is 6.08 Å². The van der Waals surface area contributed by atoms with Crippen LogP contribution < -0.4 is 5.32 Å². The average molecular weight is 377 g/mol. The number of amides is 1.